The molecule has 0 radical (unpaired) electrons. The number of hydrogen-bond acceptors (Lipinski definition) is 9. The van der Waals surface area contributed by atoms with Crippen molar-refractivity contribution in [3.8, 4) is 0 Å². The van der Waals surface area contributed by atoms with Gasteiger partial charge in [-0.05, 0) is 42.8 Å². The van der Waals surface area contributed by atoms with Crippen LogP contribution in [0, 0.1) is 0 Å². The molecule has 2 N–H and O–H groups in total. The van der Waals surface area contributed by atoms with Crippen LogP contribution in [0.25, 0.3) is 11.1 Å². The van der Waals surface area contributed by atoms with Crippen LogP contribution in [-0.2, 0) is 20.4 Å². The van der Waals surface area contributed by atoms with Gasteiger partial charge in [0.1, 0.15) is 11.6 Å². The van der Waals surface area contributed by atoms with E-state index in [1.807, 2.05) is 6.92 Å². The molecule has 4 rings (SSSR count). The van der Waals surface area contributed by atoms with E-state index in [0.717, 1.165) is 6.42 Å². The Morgan fingerprint density at radius 1 is 0.925 bits per heavy atom. The van der Waals surface area contributed by atoms with Crippen molar-refractivity contribution in [1.82, 2.24) is 25.6 Å². The first-order valence-corrected chi connectivity index (χ1v) is 14.6. The number of pyridine rings is 2. The third-order valence-electron chi connectivity index (χ3n) is 6.06. The summed E-state index contributed by atoms with van der Waals surface area (Å²) in [7, 11) is -3.92. The van der Waals surface area contributed by atoms with Crippen molar-refractivity contribution in [2.75, 3.05) is 5.75 Å². The van der Waals surface area contributed by atoms with Crippen molar-refractivity contribution in [3.63, 3.8) is 0 Å². The molecular weight excluding hydrogens is 534 g/mol. The number of benzene rings is 1. The third kappa shape index (κ3) is 7.56. The minimum atomic E-state index is -3.92. The van der Waals surface area contributed by atoms with Crippen LogP contribution in [0.5, 0.6) is 0 Å². The number of nitrogens with zero attached hydrogens (tertiary/aromatic N) is 3. The van der Waals surface area contributed by atoms with Crippen LogP contribution in [-0.4, -0.2) is 58.8 Å². The zero-order chi connectivity index (χ0) is 28.5. The van der Waals surface area contributed by atoms with Gasteiger partial charge in [-0.1, -0.05) is 38.0 Å². The zero-order valence-electron chi connectivity index (χ0n) is 21.8. The number of oxazole rings is 1. The molecule has 208 valence electrons. The van der Waals surface area contributed by atoms with Gasteiger partial charge >= 0.3 is 0 Å². The summed E-state index contributed by atoms with van der Waals surface area (Å²) in [6, 6.07) is 12.1. The molecule has 2 amide bonds. The van der Waals surface area contributed by atoms with E-state index in [1.54, 1.807) is 42.5 Å². The summed E-state index contributed by atoms with van der Waals surface area (Å²) in [5.74, 6) is -3.33. The molecule has 3 aromatic heterocycles. The molecule has 0 saturated heterocycles. The lowest BCUT2D eigenvalue weighted by Gasteiger charge is -2.22. The minimum absolute atomic E-state index is 0.164. The number of sulfone groups is 1. The molecule has 0 bridgehead atoms. The Balaban J connectivity index is 1.57. The van der Waals surface area contributed by atoms with Gasteiger partial charge in [-0.3, -0.25) is 24.4 Å². The van der Waals surface area contributed by atoms with E-state index < -0.39 is 51.0 Å². The summed E-state index contributed by atoms with van der Waals surface area (Å²) < 4.78 is 31.8. The Labute approximate surface area is 231 Å². The molecule has 0 fully saturated rings. The molecule has 4 aromatic rings. The van der Waals surface area contributed by atoms with Crippen molar-refractivity contribution in [3.05, 3.63) is 90.3 Å². The van der Waals surface area contributed by atoms with E-state index in [4.69, 9.17) is 4.42 Å². The summed E-state index contributed by atoms with van der Waals surface area (Å²) >= 11 is 0. The van der Waals surface area contributed by atoms with Gasteiger partial charge in [0.05, 0.1) is 23.2 Å². The van der Waals surface area contributed by atoms with Crippen LogP contribution in [0.1, 0.15) is 52.9 Å². The predicted octanol–water partition coefficient (Wildman–Crippen LogP) is 2.89. The van der Waals surface area contributed by atoms with Crippen molar-refractivity contribution >= 4 is 38.5 Å². The Kier molecular flexibility index (Phi) is 9.33. The van der Waals surface area contributed by atoms with E-state index in [1.165, 1.54) is 30.7 Å². The highest BCUT2D eigenvalue weighted by Crippen LogP contribution is 2.18. The highest BCUT2D eigenvalue weighted by Gasteiger charge is 2.32. The molecule has 1 aromatic carbocycles. The zero-order valence-corrected chi connectivity index (χ0v) is 22.6. The molecule has 0 aliphatic carbocycles. The highest BCUT2D eigenvalue weighted by atomic mass is 32.2. The van der Waals surface area contributed by atoms with Crippen molar-refractivity contribution in [2.24, 2.45) is 0 Å². The van der Waals surface area contributed by atoms with Gasteiger partial charge in [-0.15, -0.1) is 0 Å². The van der Waals surface area contributed by atoms with Crippen LogP contribution in [0.3, 0.4) is 0 Å². The number of aromatic nitrogens is 3. The van der Waals surface area contributed by atoms with E-state index in [0.29, 0.717) is 23.2 Å². The van der Waals surface area contributed by atoms with Crippen LogP contribution in [0.4, 0.5) is 0 Å². The molecule has 3 heterocycles. The summed E-state index contributed by atoms with van der Waals surface area (Å²) in [5.41, 5.74) is 1.41. The normalized spacial score (nSPS) is 12.9. The number of fused-ring (bicyclic) bond motifs is 1. The fraction of sp³-hybridized carbons (Fsp3) is 0.286. The standard InChI is InChI=1S/C28H29N5O6S/c1-2-3-9-22(25(34)28-33-21-10-4-5-11-24(21)39-28)31-27(36)23(32-26(35)19-12-15-29-16-13-19)18-40(37,38)17-20-8-6-7-14-30-20/h4-8,10-16,22-23H,2-3,9,17-18H2,1H3,(H,31,36)(H,32,35). The van der Waals surface area contributed by atoms with Crippen molar-refractivity contribution in [2.45, 2.75) is 44.0 Å². The maximum Gasteiger partial charge on any atom is 0.266 e. The maximum atomic E-state index is 13.5. The fourth-order valence-electron chi connectivity index (χ4n) is 4.03. The number of hydrogen-bond donors (Lipinski definition) is 2. The molecule has 11 nitrogen and oxygen atoms in total. The first-order chi connectivity index (χ1) is 19.3. The van der Waals surface area contributed by atoms with Gasteiger partial charge in [0, 0.05) is 24.2 Å². The number of unbranched alkanes of at least 4 members (excludes halogenated alkanes) is 1. The second-order valence-electron chi connectivity index (χ2n) is 9.19. The van der Waals surface area contributed by atoms with Gasteiger partial charge in [0.15, 0.2) is 15.4 Å². The second-order valence-corrected chi connectivity index (χ2v) is 11.3. The lowest BCUT2D eigenvalue weighted by molar-refractivity contribution is -0.123. The molecular formula is C28H29N5O6S. The summed E-state index contributed by atoms with van der Waals surface area (Å²) in [4.78, 5) is 51.9. The topological polar surface area (TPSA) is 161 Å². The SMILES string of the molecule is CCCCC(NC(=O)C(CS(=O)(=O)Cc1ccccn1)NC(=O)c1ccncc1)C(=O)c1nc2ccccc2o1. The van der Waals surface area contributed by atoms with E-state index >= 15 is 0 Å². The summed E-state index contributed by atoms with van der Waals surface area (Å²) in [6.45, 7) is 1.94. The third-order valence-corrected chi connectivity index (χ3v) is 7.64. The maximum absolute atomic E-state index is 13.5. The van der Waals surface area contributed by atoms with Crippen LogP contribution in [0.15, 0.2) is 77.6 Å². The fourth-order valence-corrected chi connectivity index (χ4v) is 5.51. The molecule has 2 atom stereocenters. The smallest absolute Gasteiger partial charge is 0.266 e. The quantitative estimate of drug-likeness (QED) is 0.233. The minimum Gasteiger partial charge on any atom is -0.434 e. The van der Waals surface area contributed by atoms with E-state index in [9.17, 15) is 22.8 Å². The Morgan fingerprint density at radius 3 is 2.38 bits per heavy atom. The van der Waals surface area contributed by atoms with Gasteiger partial charge in [0.25, 0.3) is 11.8 Å². The number of carbonyl (C=O) groups is 3. The van der Waals surface area contributed by atoms with Crippen molar-refractivity contribution in [1.29, 1.82) is 0 Å². The number of Topliss-reactive ketones (excluding diaryl/α,β-unsaturated/α-hetero) is 1. The average Bonchev–Trinajstić information content (AvgIpc) is 3.39. The number of nitrogens with one attached hydrogen (secondary N) is 2. The first-order valence-electron chi connectivity index (χ1n) is 12.8. The lowest BCUT2D eigenvalue weighted by atomic mass is 10.0. The molecule has 0 aliphatic rings. The average molecular weight is 564 g/mol. The van der Waals surface area contributed by atoms with Gasteiger partial charge in [-0.2, -0.15) is 0 Å². The molecule has 0 aliphatic heterocycles. The number of carbonyl (C=O) groups excluding carboxylic acids is 3. The molecule has 0 saturated carbocycles. The summed E-state index contributed by atoms with van der Waals surface area (Å²) in [5, 5.41) is 5.15. The van der Waals surface area contributed by atoms with Gasteiger partial charge < -0.3 is 15.1 Å². The van der Waals surface area contributed by atoms with E-state index in [2.05, 4.69) is 25.6 Å². The highest BCUT2D eigenvalue weighted by molar-refractivity contribution is 7.90. The molecule has 0 spiro atoms. The monoisotopic (exact) mass is 563 g/mol. The van der Waals surface area contributed by atoms with Crippen LogP contribution < -0.4 is 10.6 Å². The lowest BCUT2D eigenvalue weighted by Crippen LogP contribution is -2.54. The number of para-hydroxylation sites is 2. The van der Waals surface area contributed by atoms with Crippen LogP contribution in [0.2, 0.25) is 0 Å². The van der Waals surface area contributed by atoms with Gasteiger partial charge in [0.2, 0.25) is 11.7 Å². The number of rotatable bonds is 13. The van der Waals surface area contributed by atoms with E-state index in [-0.39, 0.29) is 17.9 Å². The second kappa shape index (κ2) is 13.1. The number of ketones is 1. The first kappa shape index (κ1) is 28.6. The predicted molar refractivity (Wildman–Crippen MR) is 147 cm³/mol. The Hall–Kier alpha value is -4.45. The summed E-state index contributed by atoms with van der Waals surface area (Å²) in [6.07, 6.45) is 5.89. The molecule has 40 heavy (non-hydrogen) atoms. The molecule has 12 heteroatoms. The largest absolute Gasteiger partial charge is 0.434 e. The Bertz CT molecular complexity index is 1540. The van der Waals surface area contributed by atoms with Crippen LogP contribution >= 0.6 is 0 Å². The Morgan fingerprint density at radius 2 is 1.68 bits per heavy atom. The molecule has 2 unspecified atom stereocenters. The number of amides is 2. The van der Waals surface area contributed by atoms with Crippen molar-refractivity contribution < 1.29 is 27.2 Å². The van der Waals surface area contributed by atoms with Gasteiger partial charge in [-0.25, -0.2) is 13.4 Å².